The van der Waals surface area contributed by atoms with E-state index in [9.17, 15) is 0 Å². The Morgan fingerprint density at radius 1 is 1.12 bits per heavy atom. The largest absolute Gasteiger partial charge is 0.486 e. The Labute approximate surface area is 150 Å². The molecular weight excluding hydrogens is 364 g/mol. The summed E-state index contributed by atoms with van der Waals surface area (Å²) < 4.78 is 7.42. The van der Waals surface area contributed by atoms with Gasteiger partial charge in [0.05, 0.1) is 0 Å². The molecule has 0 amide bonds. The maximum atomic E-state index is 5.86. The van der Waals surface area contributed by atoms with Crippen LogP contribution in [0.25, 0.3) is 17.1 Å². The number of thiophene rings is 1. The second kappa shape index (κ2) is 6.72. The fourth-order valence-electron chi connectivity index (χ4n) is 2.05. The van der Waals surface area contributed by atoms with Crippen molar-refractivity contribution >= 4 is 51.4 Å². The molecular formula is C16H11ClN4OS2. The minimum absolute atomic E-state index is 0.292. The SMILES string of the molecule is Clc1ccc(OCc2nnc3sc(/C=C/c4cccs4)nn23)cc1. The van der Waals surface area contributed by atoms with E-state index in [2.05, 4.69) is 21.4 Å². The maximum absolute atomic E-state index is 5.86. The van der Waals surface area contributed by atoms with Crippen LogP contribution in [0.15, 0.2) is 41.8 Å². The van der Waals surface area contributed by atoms with E-state index in [4.69, 9.17) is 16.3 Å². The van der Waals surface area contributed by atoms with Crippen LogP contribution < -0.4 is 4.74 Å². The van der Waals surface area contributed by atoms with Crippen LogP contribution >= 0.6 is 34.3 Å². The zero-order valence-corrected chi connectivity index (χ0v) is 14.7. The van der Waals surface area contributed by atoms with Gasteiger partial charge in [0.15, 0.2) is 5.82 Å². The van der Waals surface area contributed by atoms with Gasteiger partial charge in [-0.15, -0.1) is 21.5 Å². The lowest BCUT2D eigenvalue weighted by Gasteiger charge is -2.03. The third-order valence-electron chi connectivity index (χ3n) is 3.19. The van der Waals surface area contributed by atoms with E-state index in [1.54, 1.807) is 28.0 Å². The van der Waals surface area contributed by atoms with Gasteiger partial charge in [0.25, 0.3) is 0 Å². The third kappa shape index (κ3) is 3.33. The molecule has 120 valence electrons. The molecule has 0 fully saturated rings. The molecule has 0 spiro atoms. The summed E-state index contributed by atoms with van der Waals surface area (Å²) in [6.45, 7) is 0.292. The minimum Gasteiger partial charge on any atom is -0.486 e. The molecule has 0 aliphatic heterocycles. The highest BCUT2D eigenvalue weighted by Crippen LogP contribution is 2.20. The lowest BCUT2D eigenvalue weighted by Crippen LogP contribution is -2.02. The number of hydrogen-bond donors (Lipinski definition) is 0. The number of hydrogen-bond acceptors (Lipinski definition) is 6. The van der Waals surface area contributed by atoms with E-state index in [1.807, 2.05) is 35.7 Å². The number of fused-ring (bicyclic) bond motifs is 1. The second-order valence-corrected chi connectivity index (χ2v) is 7.25. The molecule has 5 nitrogen and oxygen atoms in total. The van der Waals surface area contributed by atoms with Gasteiger partial charge in [-0.2, -0.15) is 9.61 Å². The van der Waals surface area contributed by atoms with E-state index in [0.717, 1.165) is 15.7 Å². The van der Waals surface area contributed by atoms with Crippen LogP contribution in [0.3, 0.4) is 0 Å². The molecule has 0 bridgehead atoms. The maximum Gasteiger partial charge on any atom is 0.235 e. The molecule has 0 saturated carbocycles. The van der Waals surface area contributed by atoms with Crippen molar-refractivity contribution in [2.75, 3.05) is 0 Å². The molecule has 24 heavy (non-hydrogen) atoms. The zero-order valence-electron chi connectivity index (χ0n) is 12.3. The normalized spacial score (nSPS) is 11.5. The predicted octanol–water partition coefficient (Wildman–Crippen LogP) is 4.65. The fourth-order valence-corrected chi connectivity index (χ4v) is 3.55. The number of nitrogens with zero attached hydrogens (tertiary/aromatic N) is 4. The third-order valence-corrected chi connectivity index (χ3v) is 5.14. The van der Waals surface area contributed by atoms with Gasteiger partial charge in [-0.25, -0.2) is 0 Å². The first-order chi connectivity index (χ1) is 11.8. The average Bonchev–Trinajstić information content (AvgIpc) is 3.30. The fraction of sp³-hybridized carbons (Fsp3) is 0.0625. The Bertz CT molecular complexity index is 974. The standard InChI is InChI=1S/C16H11ClN4OS2/c17-11-3-5-12(6-4-11)22-10-14-18-19-16-21(14)20-15(24-16)8-7-13-2-1-9-23-13/h1-9H,10H2/b8-7+. The minimum atomic E-state index is 0.292. The molecule has 0 unspecified atom stereocenters. The van der Waals surface area contributed by atoms with Crippen molar-refractivity contribution in [2.24, 2.45) is 0 Å². The van der Waals surface area contributed by atoms with Crippen LogP contribution in [0.1, 0.15) is 15.7 Å². The zero-order chi connectivity index (χ0) is 16.4. The van der Waals surface area contributed by atoms with Gasteiger partial charge in [0.1, 0.15) is 17.4 Å². The van der Waals surface area contributed by atoms with Crippen LogP contribution in [-0.4, -0.2) is 19.8 Å². The molecule has 0 aliphatic rings. The summed E-state index contributed by atoms with van der Waals surface area (Å²) in [5, 5.41) is 16.4. The number of rotatable bonds is 5. The molecule has 4 rings (SSSR count). The molecule has 3 aromatic heterocycles. The molecule has 8 heteroatoms. The summed E-state index contributed by atoms with van der Waals surface area (Å²) in [4.78, 5) is 1.93. The number of aromatic nitrogens is 4. The van der Waals surface area contributed by atoms with E-state index in [0.29, 0.717) is 17.5 Å². The number of ether oxygens (including phenoxy) is 1. The van der Waals surface area contributed by atoms with Crippen LogP contribution in [0.2, 0.25) is 5.02 Å². The predicted molar refractivity (Wildman–Crippen MR) is 97.7 cm³/mol. The van der Waals surface area contributed by atoms with Crippen LogP contribution in [0.4, 0.5) is 0 Å². The van der Waals surface area contributed by atoms with Crippen molar-refractivity contribution in [3.05, 3.63) is 62.5 Å². The van der Waals surface area contributed by atoms with Gasteiger partial charge in [0, 0.05) is 9.90 Å². The van der Waals surface area contributed by atoms with Gasteiger partial charge in [-0.3, -0.25) is 0 Å². The Morgan fingerprint density at radius 2 is 2.00 bits per heavy atom. The quantitative estimate of drug-likeness (QED) is 0.510. The highest BCUT2D eigenvalue weighted by atomic mass is 35.5. The van der Waals surface area contributed by atoms with Gasteiger partial charge < -0.3 is 4.74 Å². The summed E-state index contributed by atoms with van der Waals surface area (Å²) in [7, 11) is 0. The van der Waals surface area contributed by atoms with E-state index >= 15 is 0 Å². The highest BCUT2D eigenvalue weighted by molar-refractivity contribution is 7.17. The Morgan fingerprint density at radius 3 is 2.79 bits per heavy atom. The summed E-state index contributed by atoms with van der Waals surface area (Å²) in [6.07, 6.45) is 4.02. The summed E-state index contributed by atoms with van der Waals surface area (Å²) in [5.74, 6) is 1.39. The van der Waals surface area contributed by atoms with Crippen molar-refractivity contribution in [3.63, 3.8) is 0 Å². The number of halogens is 1. The summed E-state index contributed by atoms with van der Waals surface area (Å²) >= 11 is 9.04. The number of benzene rings is 1. The molecule has 0 N–H and O–H groups in total. The van der Waals surface area contributed by atoms with E-state index in [-0.39, 0.29) is 0 Å². The van der Waals surface area contributed by atoms with Gasteiger partial charge in [0.2, 0.25) is 4.96 Å². The van der Waals surface area contributed by atoms with Crippen molar-refractivity contribution in [3.8, 4) is 5.75 Å². The summed E-state index contributed by atoms with van der Waals surface area (Å²) in [6, 6.07) is 11.3. The molecule has 3 heterocycles. The smallest absolute Gasteiger partial charge is 0.235 e. The van der Waals surface area contributed by atoms with Gasteiger partial charge in [-0.05, 0) is 47.9 Å². The second-order valence-electron chi connectivity index (χ2n) is 4.84. The lowest BCUT2D eigenvalue weighted by atomic mass is 10.3. The van der Waals surface area contributed by atoms with Crippen molar-refractivity contribution in [1.29, 1.82) is 0 Å². The first kappa shape index (κ1) is 15.3. The van der Waals surface area contributed by atoms with Crippen molar-refractivity contribution in [1.82, 2.24) is 19.8 Å². The highest BCUT2D eigenvalue weighted by Gasteiger charge is 2.11. The van der Waals surface area contributed by atoms with Crippen molar-refractivity contribution in [2.45, 2.75) is 6.61 Å². The first-order valence-corrected chi connectivity index (χ1v) is 9.16. The summed E-state index contributed by atoms with van der Waals surface area (Å²) in [5.41, 5.74) is 0. The molecule has 0 aliphatic carbocycles. The Hall–Kier alpha value is -2.22. The first-order valence-electron chi connectivity index (χ1n) is 7.09. The molecule has 4 aromatic rings. The Kier molecular flexibility index (Phi) is 4.29. The van der Waals surface area contributed by atoms with Crippen LogP contribution in [-0.2, 0) is 6.61 Å². The van der Waals surface area contributed by atoms with Crippen LogP contribution in [0.5, 0.6) is 5.75 Å². The lowest BCUT2D eigenvalue weighted by molar-refractivity contribution is 0.293. The van der Waals surface area contributed by atoms with E-state index in [1.165, 1.54) is 16.2 Å². The van der Waals surface area contributed by atoms with Gasteiger partial charge in [-0.1, -0.05) is 29.0 Å². The monoisotopic (exact) mass is 374 g/mol. The molecule has 1 aromatic carbocycles. The van der Waals surface area contributed by atoms with Crippen LogP contribution in [0, 0.1) is 0 Å². The topological polar surface area (TPSA) is 52.3 Å². The van der Waals surface area contributed by atoms with Gasteiger partial charge >= 0.3 is 0 Å². The molecule has 0 saturated heterocycles. The van der Waals surface area contributed by atoms with Crippen molar-refractivity contribution < 1.29 is 4.74 Å². The Balaban J connectivity index is 1.50. The van der Waals surface area contributed by atoms with E-state index < -0.39 is 0 Å². The molecule has 0 radical (unpaired) electrons. The average molecular weight is 375 g/mol. The molecule has 0 atom stereocenters.